The van der Waals surface area contributed by atoms with Gasteiger partial charge in [0.2, 0.25) is 0 Å². The van der Waals surface area contributed by atoms with Crippen molar-refractivity contribution in [2.45, 2.75) is 58.3 Å². The minimum Gasteiger partial charge on any atom is -0.308 e. The Balaban J connectivity index is 1.90. The third kappa shape index (κ3) is 6.17. The van der Waals surface area contributed by atoms with Crippen LogP contribution in [0, 0.1) is 0 Å². The van der Waals surface area contributed by atoms with Gasteiger partial charge < -0.3 is 10.6 Å². The molecular formula is C21H30N2. The molecule has 2 atom stereocenters. The highest BCUT2D eigenvalue weighted by atomic mass is 15.0. The molecule has 0 saturated heterocycles. The number of benzene rings is 2. The molecule has 2 nitrogen and oxygen atoms in total. The van der Waals surface area contributed by atoms with Gasteiger partial charge in [-0.1, -0.05) is 80.9 Å². The Morgan fingerprint density at radius 1 is 0.696 bits per heavy atom. The van der Waals surface area contributed by atoms with E-state index in [4.69, 9.17) is 0 Å². The van der Waals surface area contributed by atoms with Crippen molar-refractivity contribution in [3.8, 4) is 0 Å². The van der Waals surface area contributed by atoms with Gasteiger partial charge in [-0.05, 0) is 24.0 Å². The van der Waals surface area contributed by atoms with E-state index in [1.165, 1.54) is 24.0 Å². The summed E-state index contributed by atoms with van der Waals surface area (Å²) in [5, 5.41) is 7.51. The van der Waals surface area contributed by atoms with Crippen LogP contribution in [0.5, 0.6) is 0 Å². The van der Waals surface area contributed by atoms with E-state index in [1.54, 1.807) is 0 Å². The normalized spacial score (nSPS) is 13.7. The Labute approximate surface area is 141 Å². The average molecular weight is 310 g/mol. The van der Waals surface area contributed by atoms with Crippen molar-refractivity contribution in [1.82, 2.24) is 10.6 Å². The quantitative estimate of drug-likeness (QED) is 0.674. The molecule has 2 N–H and O–H groups in total. The monoisotopic (exact) mass is 310 g/mol. The van der Waals surface area contributed by atoms with Crippen molar-refractivity contribution in [2.75, 3.05) is 0 Å². The van der Waals surface area contributed by atoms with E-state index in [1.807, 2.05) is 0 Å². The van der Waals surface area contributed by atoms with E-state index >= 15 is 0 Å². The summed E-state index contributed by atoms with van der Waals surface area (Å²) in [7, 11) is 0. The Kier molecular flexibility index (Phi) is 7.85. The lowest BCUT2D eigenvalue weighted by Gasteiger charge is -2.28. The van der Waals surface area contributed by atoms with Crippen LogP contribution in [0.25, 0.3) is 0 Å². The molecule has 0 aromatic heterocycles. The SMILES string of the molecule is CCCC(NCc1ccccc1)C(CC)NCc1ccccc1. The zero-order valence-corrected chi connectivity index (χ0v) is 14.5. The van der Waals surface area contributed by atoms with E-state index in [9.17, 15) is 0 Å². The van der Waals surface area contributed by atoms with Gasteiger partial charge in [-0.2, -0.15) is 0 Å². The molecule has 0 aliphatic rings. The molecule has 0 aliphatic carbocycles. The zero-order chi connectivity index (χ0) is 16.3. The summed E-state index contributed by atoms with van der Waals surface area (Å²) in [6.07, 6.45) is 3.54. The summed E-state index contributed by atoms with van der Waals surface area (Å²) in [5.74, 6) is 0. The van der Waals surface area contributed by atoms with Gasteiger partial charge in [0.25, 0.3) is 0 Å². The summed E-state index contributed by atoms with van der Waals surface area (Å²) < 4.78 is 0. The topological polar surface area (TPSA) is 24.1 Å². The van der Waals surface area contributed by atoms with Crippen LogP contribution in [0.15, 0.2) is 60.7 Å². The van der Waals surface area contributed by atoms with Gasteiger partial charge >= 0.3 is 0 Å². The second kappa shape index (κ2) is 10.2. The lowest BCUT2D eigenvalue weighted by molar-refractivity contribution is 0.338. The first kappa shape index (κ1) is 17.7. The summed E-state index contributed by atoms with van der Waals surface area (Å²) >= 11 is 0. The van der Waals surface area contributed by atoms with E-state index in [0.717, 1.165) is 19.5 Å². The van der Waals surface area contributed by atoms with E-state index in [-0.39, 0.29) is 0 Å². The van der Waals surface area contributed by atoms with Gasteiger partial charge in [-0.3, -0.25) is 0 Å². The molecule has 2 aromatic rings. The Bertz CT molecular complexity index is 524. The molecule has 0 heterocycles. The van der Waals surface area contributed by atoms with Crippen LogP contribution in [-0.4, -0.2) is 12.1 Å². The van der Waals surface area contributed by atoms with Crippen LogP contribution in [0.4, 0.5) is 0 Å². The maximum absolute atomic E-state index is 3.76. The third-order valence-electron chi connectivity index (χ3n) is 4.35. The molecule has 2 aromatic carbocycles. The highest BCUT2D eigenvalue weighted by Crippen LogP contribution is 2.10. The molecule has 0 fully saturated rings. The van der Waals surface area contributed by atoms with E-state index in [2.05, 4.69) is 85.1 Å². The second-order valence-electron chi connectivity index (χ2n) is 6.14. The summed E-state index contributed by atoms with van der Waals surface area (Å²) in [5.41, 5.74) is 2.70. The molecule has 124 valence electrons. The number of hydrogen-bond acceptors (Lipinski definition) is 2. The fourth-order valence-corrected chi connectivity index (χ4v) is 3.02. The summed E-state index contributed by atoms with van der Waals surface area (Å²) in [6, 6.07) is 22.3. The fraction of sp³-hybridized carbons (Fsp3) is 0.429. The van der Waals surface area contributed by atoms with Gasteiger partial charge in [0.15, 0.2) is 0 Å². The van der Waals surface area contributed by atoms with Gasteiger partial charge in [-0.15, -0.1) is 0 Å². The van der Waals surface area contributed by atoms with Crippen molar-refractivity contribution in [1.29, 1.82) is 0 Å². The highest BCUT2D eigenvalue weighted by molar-refractivity contribution is 5.15. The third-order valence-corrected chi connectivity index (χ3v) is 4.35. The molecule has 0 aliphatic heterocycles. The first-order valence-electron chi connectivity index (χ1n) is 8.88. The number of nitrogens with one attached hydrogen (secondary N) is 2. The molecule has 0 bridgehead atoms. The lowest BCUT2D eigenvalue weighted by atomic mass is 10.00. The lowest BCUT2D eigenvalue weighted by Crippen LogP contribution is -2.47. The Morgan fingerprint density at radius 2 is 1.17 bits per heavy atom. The number of rotatable bonds is 10. The smallest absolute Gasteiger partial charge is 0.0224 e. The first-order valence-corrected chi connectivity index (χ1v) is 8.88. The predicted molar refractivity (Wildman–Crippen MR) is 99.3 cm³/mol. The second-order valence-corrected chi connectivity index (χ2v) is 6.14. The molecule has 0 saturated carbocycles. The van der Waals surface area contributed by atoms with Crippen molar-refractivity contribution >= 4 is 0 Å². The Morgan fingerprint density at radius 3 is 1.61 bits per heavy atom. The van der Waals surface area contributed by atoms with Crippen LogP contribution in [0.1, 0.15) is 44.2 Å². The summed E-state index contributed by atoms with van der Waals surface area (Å²) in [6.45, 7) is 6.41. The van der Waals surface area contributed by atoms with Gasteiger partial charge in [0, 0.05) is 25.2 Å². The van der Waals surface area contributed by atoms with Gasteiger partial charge in [0.05, 0.1) is 0 Å². The number of hydrogen-bond donors (Lipinski definition) is 2. The Hall–Kier alpha value is -1.64. The molecule has 0 radical (unpaired) electrons. The molecule has 2 unspecified atom stereocenters. The summed E-state index contributed by atoms with van der Waals surface area (Å²) in [4.78, 5) is 0. The van der Waals surface area contributed by atoms with Gasteiger partial charge in [-0.25, -0.2) is 0 Å². The van der Waals surface area contributed by atoms with Crippen LogP contribution >= 0.6 is 0 Å². The van der Waals surface area contributed by atoms with E-state index < -0.39 is 0 Å². The van der Waals surface area contributed by atoms with Crippen molar-refractivity contribution in [2.24, 2.45) is 0 Å². The fourth-order valence-electron chi connectivity index (χ4n) is 3.02. The minimum absolute atomic E-state index is 0.499. The molecule has 2 heteroatoms. The van der Waals surface area contributed by atoms with Crippen molar-refractivity contribution in [3.63, 3.8) is 0 Å². The predicted octanol–water partition coefficient (Wildman–Crippen LogP) is 4.51. The average Bonchev–Trinajstić information content (AvgIpc) is 2.62. The zero-order valence-electron chi connectivity index (χ0n) is 14.5. The highest BCUT2D eigenvalue weighted by Gasteiger charge is 2.18. The van der Waals surface area contributed by atoms with Crippen LogP contribution in [0.2, 0.25) is 0 Å². The maximum atomic E-state index is 3.76. The molecule has 23 heavy (non-hydrogen) atoms. The van der Waals surface area contributed by atoms with Crippen LogP contribution < -0.4 is 10.6 Å². The van der Waals surface area contributed by atoms with Gasteiger partial charge in [0.1, 0.15) is 0 Å². The standard InChI is InChI=1S/C21H30N2/c1-3-11-21(23-17-19-14-9-6-10-15-19)20(4-2)22-16-18-12-7-5-8-13-18/h5-10,12-15,20-23H,3-4,11,16-17H2,1-2H3. The van der Waals surface area contributed by atoms with Crippen molar-refractivity contribution < 1.29 is 0 Å². The maximum Gasteiger partial charge on any atom is 0.0224 e. The van der Waals surface area contributed by atoms with Crippen LogP contribution in [-0.2, 0) is 13.1 Å². The van der Waals surface area contributed by atoms with Crippen LogP contribution in [0.3, 0.4) is 0 Å². The molecular weight excluding hydrogens is 280 g/mol. The van der Waals surface area contributed by atoms with E-state index in [0.29, 0.717) is 12.1 Å². The largest absolute Gasteiger partial charge is 0.308 e. The minimum atomic E-state index is 0.499. The first-order chi connectivity index (χ1) is 11.3. The van der Waals surface area contributed by atoms with Crippen molar-refractivity contribution in [3.05, 3.63) is 71.8 Å². The molecule has 2 rings (SSSR count). The molecule has 0 amide bonds. The molecule has 0 spiro atoms.